The van der Waals surface area contributed by atoms with Crippen molar-refractivity contribution in [2.24, 2.45) is 0 Å². The van der Waals surface area contributed by atoms with Crippen LogP contribution in [-0.4, -0.2) is 17.7 Å². The van der Waals surface area contributed by atoms with E-state index < -0.39 is 5.76 Å². The first kappa shape index (κ1) is 17.7. The Morgan fingerprint density at radius 2 is 1.68 bits per heavy atom. The second-order valence-electron chi connectivity index (χ2n) is 6.10. The molecule has 132 valence electrons. The molecule has 2 N–H and O–H groups in total. The molecule has 6 heteroatoms. The minimum absolute atomic E-state index is 0.131. The van der Waals surface area contributed by atoms with Crippen LogP contribution in [0.1, 0.15) is 24.8 Å². The van der Waals surface area contributed by atoms with E-state index in [-0.39, 0.29) is 12.3 Å². The molecule has 1 aliphatic carbocycles. The highest BCUT2D eigenvalue weighted by Gasteiger charge is 2.16. The number of amides is 1. The van der Waals surface area contributed by atoms with Crippen LogP contribution in [0.15, 0.2) is 53.4 Å². The number of rotatable bonds is 7. The smallest absolute Gasteiger partial charge is 0.288 e. The van der Waals surface area contributed by atoms with Gasteiger partial charge in [-0.25, -0.2) is 0 Å². The van der Waals surface area contributed by atoms with Crippen LogP contribution in [0.4, 0.5) is 20.2 Å². The minimum Gasteiger partial charge on any atom is -0.382 e. The van der Waals surface area contributed by atoms with E-state index in [0.29, 0.717) is 28.4 Å². The van der Waals surface area contributed by atoms with Gasteiger partial charge in [-0.3, -0.25) is 4.79 Å². The first-order valence-corrected chi connectivity index (χ1v) is 9.17. The second-order valence-corrected chi connectivity index (χ2v) is 7.16. The van der Waals surface area contributed by atoms with Gasteiger partial charge >= 0.3 is 0 Å². The van der Waals surface area contributed by atoms with E-state index in [0.717, 1.165) is 11.3 Å². The van der Waals surface area contributed by atoms with Gasteiger partial charge in [-0.1, -0.05) is 23.9 Å². The van der Waals surface area contributed by atoms with Gasteiger partial charge < -0.3 is 10.6 Å². The summed E-state index contributed by atoms with van der Waals surface area (Å²) >= 11 is 0.488. The van der Waals surface area contributed by atoms with Gasteiger partial charge in [0, 0.05) is 22.3 Å². The summed E-state index contributed by atoms with van der Waals surface area (Å²) < 4.78 is 24.6. The largest absolute Gasteiger partial charge is 0.382 e. The Bertz CT molecular complexity index is 700. The molecular weight excluding hydrogens is 342 g/mol. The SMILES string of the molecule is O=C(Cc1ccc(NC2CCC2)cc1)Nc1ccc(SC(F)F)cc1. The van der Waals surface area contributed by atoms with E-state index >= 15 is 0 Å². The van der Waals surface area contributed by atoms with Crippen molar-refractivity contribution in [1.29, 1.82) is 0 Å². The molecule has 1 aliphatic rings. The van der Waals surface area contributed by atoms with Gasteiger partial charge in [0.05, 0.1) is 6.42 Å². The fourth-order valence-corrected chi connectivity index (χ4v) is 3.12. The van der Waals surface area contributed by atoms with Gasteiger partial charge in [-0.05, 0) is 61.2 Å². The quantitative estimate of drug-likeness (QED) is 0.670. The van der Waals surface area contributed by atoms with Crippen LogP contribution < -0.4 is 10.6 Å². The molecule has 25 heavy (non-hydrogen) atoms. The second kappa shape index (κ2) is 8.34. The highest BCUT2D eigenvalue weighted by atomic mass is 32.2. The van der Waals surface area contributed by atoms with Crippen LogP contribution in [0.25, 0.3) is 0 Å². The van der Waals surface area contributed by atoms with Crippen molar-refractivity contribution in [1.82, 2.24) is 0 Å². The summed E-state index contributed by atoms with van der Waals surface area (Å²) in [6, 6.07) is 14.9. The molecule has 0 heterocycles. The Labute approximate surface area is 150 Å². The Kier molecular flexibility index (Phi) is 5.91. The topological polar surface area (TPSA) is 41.1 Å². The van der Waals surface area contributed by atoms with Crippen molar-refractivity contribution in [2.75, 3.05) is 10.6 Å². The van der Waals surface area contributed by atoms with E-state index in [1.807, 2.05) is 24.3 Å². The molecule has 0 spiro atoms. The summed E-state index contributed by atoms with van der Waals surface area (Å²) in [5.74, 6) is -2.57. The van der Waals surface area contributed by atoms with E-state index in [1.165, 1.54) is 19.3 Å². The van der Waals surface area contributed by atoms with Gasteiger partial charge in [0.1, 0.15) is 0 Å². The fourth-order valence-electron chi connectivity index (χ4n) is 2.62. The van der Waals surface area contributed by atoms with Crippen molar-refractivity contribution in [3.8, 4) is 0 Å². The number of halogens is 2. The number of anilines is 2. The molecule has 2 aromatic rings. The number of hydrogen-bond acceptors (Lipinski definition) is 3. The van der Waals surface area contributed by atoms with E-state index in [1.54, 1.807) is 24.3 Å². The third kappa shape index (κ3) is 5.46. The lowest BCUT2D eigenvalue weighted by molar-refractivity contribution is -0.115. The van der Waals surface area contributed by atoms with Gasteiger partial charge in [0.15, 0.2) is 0 Å². The zero-order valence-corrected chi connectivity index (χ0v) is 14.5. The van der Waals surface area contributed by atoms with Gasteiger partial charge in [-0.15, -0.1) is 0 Å². The predicted octanol–water partition coefficient (Wildman–Crippen LogP) is 5.15. The van der Waals surface area contributed by atoms with E-state index in [2.05, 4.69) is 10.6 Å². The molecule has 3 nitrogen and oxygen atoms in total. The molecule has 0 radical (unpaired) electrons. The number of hydrogen-bond donors (Lipinski definition) is 2. The summed E-state index contributed by atoms with van der Waals surface area (Å²) in [6.45, 7) is 0. The van der Waals surface area contributed by atoms with E-state index in [4.69, 9.17) is 0 Å². The van der Waals surface area contributed by atoms with E-state index in [9.17, 15) is 13.6 Å². The average Bonchev–Trinajstić information content (AvgIpc) is 2.54. The highest BCUT2D eigenvalue weighted by molar-refractivity contribution is 7.99. The molecule has 0 atom stereocenters. The Hall–Kier alpha value is -2.08. The molecule has 3 rings (SSSR count). The minimum atomic E-state index is -2.44. The summed E-state index contributed by atoms with van der Waals surface area (Å²) in [6.07, 6.45) is 4.01. The Morgan fingerprint density at radius 3 is 2.24 bits per heavy atom. The lowest BCUT2D eigenvalue weighted by Gasteiger charge is -2.27. The van der Waals surface area contributed by atoms with Crippen LogP contribution in [-0.2, 0) is 11.2 Å². The normalized spacial score (nSPS) is 14.2. The molecule has 2 aromatic carbocycles. The van der Waals surface area contributed by atoms with Crippen molar-refractivity contribution in [3.63, 3.8) is 0 Å². The zero-order chi connectivity index (χ0) is 17.6. The lowest BCUT2D eigenvalue weighted by atomic mass is 9.93. The van der Waals surface area contributed by atoms with Crippen LogP contribution in [0.3, 0.4) is 0 Å². The molecule has 1 saturated carbocycles. The summed E-state index contributed by atoms with van der Waals surface area (Å²) in [5, 5.41) is 6.25. The van der Waals surface area contributed by atoms with Gasteiger partial charge in [-0.2, -0.15) is 8.78 Å². The molecule has 0 saturated heterocycles. The number of benzene rings is 2. The first-order chi connectivity index (χ1) is 12.1. The van der Waals surface area contributed by atoms with Crippen LogP contribution in [0, 0.1) is 0 Å². The standard InChI is InChI=1S/C19H20F2N2OS/c20-19(21)25-17-10-8-16(9-11-17)23-18(24)12-13-4-6-15(7-5-13)22-14-2-1-3-14/h4-11,14,19,22H,1-3,12H2,(H,23,24). The van der Waals surface area contributed by atoms with Gasteiger partial charge in [0.2, 0.25) is 5.91 Å². The summed E-state index contributed by atoms with van der Waals surface area (Å²) in [4.78, 5) is 12.6. The summed E-state index contributed by atoms with van der Waals surface area (Å²) in [5.41, 5.74) is 2.62. The maximum atomic E-state index is 12.3. The molecule has 1 fully saturated rings. The monoisotopic (exact) mass is 362 g/mol. The first-order valence-electron chi connectivity index (χ1n) is 8.29. The zero-order valence-electron chi connectivity index (χ0n) is 13.7. The van der Waals surface area contributed by atoms with Crippen molar-refractivity contribution >= 4 is 29.0 Å². The third-order valence-corrected chi connectivity index (χ3v) is 4.88. The maximum absolute atomic E-state index is 12.3. The fraction of sp³-hybridized carbons (Fsp3) is 0.316. The number of carbonyl (C=O) groups is 1. The van der Waals surface area contributed by atoms with Crippen molar-refractivity contribution < 1.29 is 13.6 Å². The molecule has 0 aliphatic heterocycles. The molecule has 0 bridgehead atoms. The lowest BCUT2D eigenvalue weighted by Crippen LogP contribution is -2.26. The molecule has 0 unspecified atom stereocenters. The van der Waals surface area contributed by atoms with Gasteiger partial charge in [0.25, 0.3) is 5.76 Å². The van der Waals surface area contributed by atoms with Crippen LogP contribution in [0.5, 0.6) is 0 Å². The maximum Gasteiger partial charge on any atom is 0.288 e. The molecule has 0 aromatic heterocycles. The number of carbonyl (C=O) groups excluding carboxylic acids is 1. The summed E-state index contributed by atoms with van der Waals surface area (Å²) in [7, 11) is 0. The third-order valence-electron chi connectivity index (χ3n) is 4.16. The predicted molar refractivity (Wildman–Crippen MR) is 98.3 cm³/mol. The average molecular weight is 362 g/mol. The van der Waals surface area contributed by atoms with Crippen LogP contribution >= 0.6 is 11.8 Å². The Balaban J connectivity index is 1.49. The molecular formula is C19H20F2N2OS. The number of nitrogens with one attached hydrogen (secondary N) is 2. The van der Waals surface area contributed by atoms with Crippen LogP contribution in [0.2, 0.25) is 0 Å². The highest BCUT2D eigenvalue weighted by Crippen LogP contribution is 2.26. The number of thioether (sulfide) groups is 1. The Morgan fingerprint density at radius 1 is 1.04 bits per heavy atom. The van der Waals surface area contributed by atoms with Crippen molar-refractivity contribution in [3.05, 3.63) is 54.1 Å². The molecule has 1 amide bonds. The van der Waals surface area contributed by atoms with Crippen molar-refractivity contribution in [2.45, 2.75) is 42.4 Å². The number of alkyl halides is 2.